The Bertz CT molecular complexity index is 990. The Kier molecular flexibility index (Phi) is 5.41. The van der Waals surface area contributed by atoms with Crippen LogP contribution in [0.25, 0.3) is 11.1 Å². The van der Waals surface area contributed by atoms with Gasteiger partial charge >= 0.3 is 12.3 Å². The highest BCUT2D eigenvalue weighted by molar-refractivity contribution is 6.32. The molecule has 1 aromatic heterocycles. The molecule has 28 heavy (non-hydrogen) atoms. The van der Waals surface area contributed by atoms with Gasteiger partial charge in [0.1, 0.15) is 23.8 Å². The topological polar surface area (TPSA) is 97.3 Å². The second kappa shape index (κ2) is 7.77. The zero-order valence-electron chi connectivity index (χ0n) is 13.8. The second-order valence-electron chi connectivity index (χ2n) is 5.44. The van der Waals surface area contributed by atoms with E-state index in [0.29, 0.717) is 16.9 Å². The third-order valence-electron chi connectivity index (χ3n) is 3.56. The van der Waals surface area contributed by atoms with Crippen LogP contribution < -0.4 is 9.47 Å². The highest BCUT2D eigenvalue weighted by atomic mass is 35.5. The molecule has 0 saturated carbocycles. The normalized spacial score (nSPS) is 11.3. The number of alkyl halides is 3. The van der Waals surface area contributed by atoms with Crippen LogP contribution in [0.5, 0.6) is 11.5 Å². The summed E-state index contributed by atoms with van der Waals surface area (Å²) in [5.41, 5.74) is 1.24. The molecule has 0 aliphatic carbocycles. The van der Waals surface area contributed by atoms with Crippen LogP contribution in [0.3, 0.4) is 0 Å². The van der Waals surface area contributed by atoms with E-state index in [2.05, 4.69) is 20.1 Å². The van der Waals surface area contributed by atoms with Crippen molar-refractivity contribution in [1.82, 2.24) is 15.4 Å². The number of carboxylic acid groups (broad SMARTS) is 1. The molecule has 1 heterocycles. The molecule has 0 amide bonds. The van der Waals surface area contributed by atoms with Crippen LogP contribution >= 0.6 is 11.6 Å². The average molecular weight is 414 g/mol. The molecular weight excluding hydrogens is 403 g/mol. The lowest BCUT2D eigenvalue weighted by Gasteiger charge is -2.12. The number of benzene rings is 2. The van der Waals surface area contributed by atoms with E-state index in [9.17, 15) is 18.0 Å². The Balaban J connectivity index is 1.69. The van der Waals surface area contributed by atoms with Crippen molar-refractivity contribution in [1.29, 1.82) is 0 Å². The SMILES string of the molecule is O=C(O)c1[nH]nnc1COc1ccc(-c2ccc(OC(F)(F)F)c(Cl)c2)cc1. The Morgan fingerprint density at radius 1 is 1.14 bits per heavy atom. The van der Waals surface area contributed by atoms with Gasteiger partial charge in [-0.1, -0.05) is 35.0 Å². The van der Waals surface area contributed by atoms with E-state index < -0.39 is 18.1 Å². The van der Waals surface area contributed by atoms with Crippen LogP contribution in [0.2, 0.25) is 5.02 Å². The molecule has 0 fully saturated rings. The lowest BCUT2D eigenvalue weighted by molar-refractivity contribution is -0.274. The number of nitrogens with zero attached hydrogens (tertiary/aromatic N) is 2. The number of carboxylic acids is 1. The molecule has 0 atom stereocenters. The van der Waals surface area contributed by atoms with Crippen LogP contribution in [-0.2, 0) is 6.61 Å². The van der Waals surface area contributed by atoms with Gasteiger partial charge in [0.25, 0.3) is 0 Å². The number of aromatic amines is 1. The molecule has 0 radical (unpaired) electrons. The predicted octanol–water partition coefficient (Wildman–Crippen LogP) is 4.30. The minimum atomic E-state index is -4.82. The fraction of sp³-hybridized carbons (Fsp3) is 0.118. The van der Waals surface area contributed by atoms with Crippen molar-refractivity contribution in [3.05, 3.63) is 58.9 Å². The number of H-pyrrole nitrogens is 1. The molecule has 3 aromatic rings. The summed E-state index contributed by atoms with van der Waals surface area (Å²) in [6.45, 7) is -0.104. The van der Waals surface area contributed by atoms with E-state index in [0.717, 1.165) is 6.07 Å². The molecule has 7 nitrogen and oxygen atoms in total. The molecule has 2 N–H and O–H groups in total. The monoisotopic (exact) mass is 413 g/mol. The summed E-state index contributed by atoms with van der Waals surface area (Å²) < 4.78 is 46.2. The van der Waals surface area contributed by atoms with Crippen molar-refractivity contribution in [2.24, 2.45) is 0 Å². The van der Waals surface area contributed by atoms with Crippen LogP contribution in [-0.4, -0.2) is 32.8 Å². The van der Waals surface area contributed by atoms with E-state index in [1.807, 2.05) is 0 Å². The molecule has 146 valence electrons. The number of rotatable bonds is 6. The van der Waals surface area contributed by atoms with Crippen molar-refractivity contribution in [2.75, 3.05) is 0 Å². The molecule has 0 unspecified atom stereocenters. The van der Waals surface area contributed by atoms with Crippen molar-refractivity contribution in [3.8, 4) is 22.6 Å². The minimum Gasteiger partial charge on any atom is -0.487 e. The highest BCUT2D eigenvalue weighted by Crippen LogP contribution is 2.34. The summed E-state index contributed by atoms with van der Waals surface area (Å²) in [4.78, 5) is 11.0. The summed E-state index contributed by atoms with van der Waals surface area (Å²) in [5.74, 6) is -1.25. The van der Waals surface area contributed by atoms with Crippen molar-refractivity contribution in [2.45, 2.75) is 13.0 Å². The predicted molar refractivity (Wildman–Crippen MR) is 91.2 cm³/mol. The maximum absolute atomic E-state index is 12.3. The van der Waals surface area contributed by atoms with Crippen LogP contribution in [0, 0.1) is 0 Å². The molecule has 0 saturated heterocycles. The number of aromatic nitrogens is 3. The minimum absolute atomic E-state index is 0.104. The Morgan fingerprint density at radius 2 is 1.82 bits per heavy atom. The molecule has 0 spiro atoms. The first kappa shape index (κ1) is 19.5. The number of carbonyl (C=O) groups is 1. The van der Waals surface area contributed by atoms with Crippen LogP contribution in [0.15, 0.2) is 42.5 Å². The molecule has 0 aliphatic rings. The zero-order valence-corrected chi connectivity index (χ0v) is 14.6. The van der Waals surface area contributed by atoms with Crippen molar-refractivity contribution in [3.63, 3.8) is 0 Å². The van der Waals surface area contributed by atoms with E-state index in [1.165, 1.54) is 12.1 Å². The highest BCUT2D eigenvalue weighted by Gasteiger charge is 2.32. The number of aromatic carboxylic acids is 1. The standard InChI is InChI=1S/C17H11ClF3N3O4/c18-12-7-10(3-6-14(12)28-17(19,20)21)9-1-4-11(5-2-9)27-8-13-15(16(25)26)23-24-22-13/h1-7H,8H2,(H,25,26)(H,22,23,24). The second-order valence-corrected chi connectivity index (χ2v) is 5.85. The maximum Gasteiger partial charge on any atom is 0.573 e. The molecule has 2 aromatic carbocycles. The third kappa shape index (κ3) is 4.71. The average Bonchev–Trinajstić information content (AvgIpc) is 3.10. The molecule has 11 heteroatoms. The van der Waals surface area contributed by atoms with Crippen LogP contribution in [0.4, 0.5) is 13.2 Å². The third-order valence-corrected chi connectivity index (χ3v) is 3.85. The molecule has 3 rings (SSSR count). The lowest BCUT2D eigenvalue weighted by atomic mass is 10.1. The molecule has 0 bridgehead atoms. The number of ether oxygens (including phenoxy) is 2. The number of hydrogen-bond acceptors (Lipinski definition) is 5. The summed E-state index contributed by atoms with van der Waals surface area (Å²) in [6.07, 6.45) is -4.82. The van der Waals surface area contributed by atoms with Gasteiger partial charge in [0.15, 0.2) is 5.69 Å². The number of nitrogens with one attached hydrogen (secondary N) is 1. The maximum atomic E-state index is 12.3. The fourth-order valence-electron chi connectivity index (χ4n) is 2.31. The smallest absolute Gasteiger partial charge is 0.487 e. The van der Waals surface area contributed by atoms with E-state index in [1.54, 1.807) is 24.3 Å². The van der Waals surface area contributed by atoms with Crippen molar-refractivity contribution >= 4 is 17.6 Å². The number of halogens is 4. The summed E-state index contributed by atoms with van der Waals surface area (Å²) in [5, 5.41) is 18.1. The van der Waals surface area contributed by atoms with Gasteiger partial charge < -0.3 is 14.6 Å². The van der Waals surface area contributed by atoms with Gasteiger partial charge in [-0.25, -0.2) is 4.79 Å². The number of hydrogen-bond donors (Lipinski definition) is 2. The van der Waals surface area contributed by atoms with Gasteiger partial charge in [-0.15, -0.1) is 18.3 Å². The Labute approximate surface area is 160 Å². The van der Waals surface area contributed by atoms with E-state index in [-0.39, 0.29) is 23.0 Å². The summed E-state index contributed by atoms with van der Waals surface area (Å²) in [6, 6.07) is 10.5. The van der Waals surface area contributed by atoms with Crippen LogP contribution in [0.1, 0.15) is 16.2 Å². The van der Waals surface area contributed by atoms with Gasteiger partial charge in [-0.2, -0.15) is 0 Å². The quantitative estimate of drug-likeness (QED) is 0.625. The van der Waals surface area contributed by atoms with Gasteiger partial charge in [0.05, 0.1) is 5.02 Å². The molecular formula is C17H11ClF3N3O4. The Hall–Kier alpha value is -3.27. The van der Waals surface area contributed by atoms with E-state index in [4.69, 9.17) is 21.4 Å². The Morgan fingerprint density at radius 3 is 2.43 bits per heavy atom. The van der Waals surface area contributed by atoms with E-state index >= 15 is 0 Å². The first-order valence-corrected chi connectivity index (χ1v) is 8.02. The zero-order chi connectivity index (χ0) is 20.3. The van der Waals surface area contributed by atoms with Crippen molar-refractivity contribution < 1.29 is 32.5 Å². The van der Waals surface area contributed by atoms with Gasteiger partial charge in [0.2, 0.25) is 0 Å². The van der Waals surface area contributed by atoms with Gasteiger partial charge in [-0.3, -0.25) is 5.10 Å². The van der Waals surface area contributed by atoms with Gasteiger partial charge in [0, 0.05) is 0 Å². The summed E-state index contributed by atoms with van der Waals surface area (Å²) >= 11 is 5.85. The first-order valence-electron chi connectivity index (χ1n) is 7.64. The lowest BCUT2D eigenvalue weighted by Crippen LogP contribution is -2.17. The molecule has 0 aliphatic heterocycles. The van der Waals surface area contributed by atoms with Gasteiger partial charge in [-0.05, 0) is 35.4 Å². The fourth-order valence-corrected chi connectivity index (χ4v) is 2.52. The largest absolute Gasteiger partial charge is 0.573 e. The summed E-state index contributed by atoms with van der Waals surface area (Å²) in [7, 11) is 0. The first-order chi connectivity index (χ1) is 13.2.